The molecule has 11 heteroatoms. The van der Waals surface area contributed by atoms with Crippen LogP contribution in [0.5, 0.6) is 0 Å². The molecule has 0 bridgehead atoms. The Morgan fingerprint density at radius 1 is 0.528 bits per heavy atom. The molecule has 0 aromatic heterocycles. The number of hydrogen-bond donors (Lipinski definition) is 1. The number of Topliss-reactive ketones (excluding diaryl/α,β-unsaturated/α-hetero) is 1. The van der Waals surface area contributed by atoms with Crippen molar-refractivity contribution in [2.24, 2.45) is 11.3 Å². The molecule has 53 heavy (non-hydrogen) atoms. The van der Waals surface area contributed by atoms with Crippen molar-refractivity contribution in [1.29, 1.82) is 0 Å². The number of unbranched alkanes of at least 4 members (excludes halogenated alkanes) is 13. The molecule has 0 amide bonds. The van der Waals surface area contributed by atoms with Gasteiger partial charge in [-0.3, -0.25) is 24.0 Å². The van der Waals surface area contributed by atoms with Gasteiger partial charge in [-0.25, -0.2) is 4.79 Å². The van der Waals surface area contributed by atoms with E-state index in [0.29, 0.717) is 57.8 Å². The maximum atomic E-state index is 15.0. The average molecular weight is 755 g/mol. The van der Waals surface area contributed by atoms with Crippen LogP contribution in [-0.2, 0) is 47.7 Å². The molecule has 1 N–H and O–H groups in total. The minimum Gasteiger partial charge on any atom is -0.481 e. The van der Waals surface area contributed by atoms with Gasteiger partial charge in [0.25, 0.3) is 0 Å². The highest BCUT2D eigenvalue weighted by Crippen LogP contribution is 2.42. The Hall–Kier alpha value is -2.98. The summed E-state index contributed by atoms with van der Waals surface area (Å²) < 4.78 is 22.8. The number of ether oxygens (including phenoxy) is 4. The van der Waals surface area contributed by atoms with Crippen LogP contribution in [0, 0.1) is 11.3 Å². The van der Waals surface area contributed by atoms with E-state index in [9.17, 15) is 33.9 Å². The fraction of sp³-hybridized carbons (Fsp3) is 0.857. The SMILES string of the molecule is CCCCCCCCC(CCCCCCCC)(CCCC(=O)O)C(=O)OC(CC(=O)OCCCC)(C(=O)OCCCC)C(C(C)=O)C(=O)OCCCC. The lowest BCUT2D eigenvalue weighted by atomic mass is 9.73. The molecule has 11 nitrogen and oxygen atoms in total. The maximum absolute atomic E-state index is 15.0. The van der Waals surface area contributed by atoms with Crippen LogP contribution >= 0.6 is 0 Å². The number of rotatable bonds is 35. The van der Waals surface area contributed by atoms with Gasteiger partial charge in [0.05, 0.1) is 31.7 Å². The van der Waals surface area contributed by atoms with Gasteiger partial charge < -0.3 is 24.1 Å². The van der Waals surface area contributed by atoms with E-state index < -0.39 is 59.0 Å². The van der Waals surface area contributed by atoms with Crippen molar-refractivity contribution in [2.45, 2.75) is 201 Å². The smallest absolute Gasteiger partial charge is 0.352 e. The van der Waals surface area contributed by atoms with Gasteiger partial charge in [0.15, 0.2) is 5.92 Å². The molecular formula is C42H74O11. The van der Waals surface area contributed by atoms with Crippen LogP contribution in [0.1, 0.15) is 196 Å². The average Bonchev–Trinajstić information content (AvgIpc) is 3.10. The number of esters is 4. The zero-order valence-electron chi connectivity index (χ0n) is 34.2. The summed E-state index contributed by atoms with van der Waals surface area (Å²) in [6.45, 7) is 11.0. The molecule has 0 heterocycles. The number of carboxylic acid groups (broad SMARTS) is 1. The molecule has 0 rings (SSSR count). The van der Waals surface area contributed by atoms with E-state index >= 15 is 0 Å². The van der Waals surface area contributed by atoms with Crippen molar-refractivity contribution in [3.8, 4) is 0 Å². The highest BCUT2D eigenvalue weighted by molar-refractivity contribution is 6.06. The third-order valence-electron chi connectivity index (χ3n) is 9.87. The first-order valence-electron chi connectivity index (χ1n) is 20.9. The van der Waals surface area contributed by atoms with Gasteiger partial charge in [-0.15, -0.1) is 0 Å². The molecule has 308 valence electrons. The predicted molar refractivity (Wildman–Crippen MR) is 205 cm³/mol. The van der Waals surface area contributed by atoms with E-state index in [0.717, 1.165) is 77.6 Å². The number of carbonyl (C=O) groups excluding carboxylic acids is 5. The van der Waals surface area contributed by atoms with Crippen LogP contribution in [0.15, 0.2) is 0 Å². The van der Waals surface area contributed by atoms with Crippen LogP contribution in [0.3, 0.4) is 0 Å². The number of ketones is 1. The van der Waals surface area contributed by atoms with Crippen LogP contribution < -0.4 is 0 Å². The molecule has 0 saturated heterocycles. The zero-order chi connectivity index (χ0) is 40.0. The van der Waals surface area contributed by atoms with Crippen molar-refractivity contribution in [2.75, 3.05) is 19.8 Å². The Morgan fingerprint density at radius 3 is 1.43 bits per heavy atom. The zero-order valence-corrected chi connectivity index (χ0v) is 34.2. The second kappa shape index (κ2) is 30.4. The second-order valence-electron chi connectivity index (χ2n) is 14.6. The molecule has 0 aliphatic heterocycles. The molecule has 0 aromatic carbocycles. The van der Waals surface area contributed by atoms with E-state index in [1.807, 2.05) is 20.8 Å². The lowest BCUT2D eigenvalue weighted by Gasteiger charge is -2.39. The minimum absolute atomic E-state index is 0.0329. The topological polar surface area (TPSA) is 160 Å². The van der Waals surface area contributed by atoms with Gasteiger partial charge in [-0.05, 0) is 51.9 Å². The van der Waals surface area contributed by atoms with Crippen LogP contribution in [-0.4, -0.2) is 66.2 Å². The Labute approximate surface area is 320 Å². The van der Waals surface area contributed by atoms with Crippen LogP contribution in [0.25, 0.3) is 0 Å². The lowest BCUT2D eigenvalue weighted by molar-refractivity contribution is -0.206. The molecule has 0 saturated carbocycles. The summed E-state index contributed by atoms with van der Waals surface area (Å²) in [4.78, 5) is 81.8. The number of carboxylic acids is 1. The van der Waals surface area contributed by atoms with Crippen molar-refractivity contribution in [1.82, 2.24) is 0 Å². The summed E-state index contributed by atoms with van der Waals surface area (Å²) in [5, 5.41) is 9.56. The minimum atomic E-state index is -2.69. The van der Waals surface area contributed by atoms with Gasteiger partial charge in [0.1, 0.15) is 5.78 Å². The molecule has 0 aliphatic rings. The van der Waals surface area contributed by atoms with Crippen LogP contribution in [0.2, 0.25) is 0 Å². The summed E-state index contributed by atoms with van der Waals surface area (Å²) in [6.07, 6.45) is 15.0. The van der Waals surface area contributed by atoms with Gasteiger partial charge in [0, 0.05) is 6.42 Å². The van der Waals surface area contributed by atoms with Crippen molar-refractivity contribution in [3.05, 3.63) is 0 Å². The Bertz CT molecular complexity index is 1040. The maximum Gasteiger partial charge on any atom is 0.352 e. The van der Waals surface area contributed by atoms with E-state index in [4.69, 9.17) is 18.9 Å². The van der Waals surface area contributed by atoms with Gasteiger partial charge in [-0.2, -0.15) is 0 Å². The molecule has 0 radical (unpaired) electrons. The predicted octanol–water partition coefficient (Wildman–Crippen LogP) is 9.64. The standard InChI is InChI=1S/C42H74O11/c1-7-12-17-19-21-23-27-41(29-25-26-35(44)45,28-24-22-20-18-13-8-2)39(48)53-42(40(49)52-32-16-11-5,33-36(46)50-30-14-9-3)37(34(6)43)38(47)51-31-15-10-4/h37H,7-33H2,1-6H3,(H,44,45). The summed E-state index contributed by atoms with van der Waals surface area (Å²) in [5.74, 6) is -7.84. The molecule has 2 unspecified atom stereocenters. The number of hydrogen-bond acceptors (Lipinski definition) is 10. The number of carbonyl (C=O) groups is 6. The van der Waals surface area contributed by atoms with E-state index in [2.05, 4.69) is 13.8 Å². The molecule has 2 atom stereocenters. The lowest BCUT2D eigenvalue weighted by Crippen LogP contribution is -2.59. The highest BCUT2D eigenvalue weighted by atomic mass is 16.6. The third kappa shape index (κ3) is 20.3. The summed E-state index contributed by atoms with van der Waals surface area (Å²) in [7, 11) is 0. The Morgan fingerprint density at radius 2 is 0.962 bits per heavy atom. The van der Waals surface area contributed by atoms with E-state index in [-0.39, 0.29) is 39.1 Å². The third-order valence-corrected chi connectivity index (χ3v) is 9.87. The largest absolute Gasteiger partial charge is 0.481 e. The molecule has 0 spiro atoms. The molecule has 0 aromatic rings. The summed E-state index contributed by atoms with van der Waals surface area (Å²) >= 11 is 0. The van der Waals surface area contributed by atoms with E-state index in [1.54, 1.807) is 0 Å². The first-order valence-corrected chi connectivity index (χ1v) is 20.9. The van der Waals surface area contributed by atoms with Crippen molar-refractivity contribution >= 4 is 35.6 Å². The fourth-order valence-electron chi connectivity index (χ4n) is 6.56. The monoisotopic (exact) mass is 755 g/mol. The second-order valence-corrected chi connectivity index (χ2v) is 14.6. The Balaban J connectivity index is 7.34. The summed E-state index contributed by atoms with van der Waals surface area (Å²) in [6, 6.07) is 0. The van der Waals surface area contributed by atoms with Gasteiger partial charge in [0.2, 0.25) is 5.60 Å². The first kappa shape index (κ1) is 50.0. The molecular weight excluding hydrogens is 680 g/mol. The molecule has 0 aliphatic carbocycles. The van der Waals surface area contributed by atoms with E-state index in [1.165, 1.54) is 0 Å². The fourth-order valence-corrected chi connectivity index (χ4v) is 6.56. The van der Waals surface area contributed by atoms with Crippen molar-refractivity contribution < 1.29 is 52.8 Å². The molecule has 0 fully saturated rings. The summed E-state index contributed by atoms with van der Waals surface area (Å²) in [5.41, 5.74) is -3.93. The Kier molecular flexibility index (Phi) is 28.7. The number of aliphatic carboxylic acids is 1. The highest BCUT2D eigenvalue weighted by Gasteiger charge is 2.60. The normalized spacial score (nSPS) is 13.1. The van der Waals surface area contributed by atoms with Gasteiger partial charge in [-0.1, -0.05) is 131 Å². The quantitative estimate of drug-likeness (QED) is 0.0284. The van der Waals surface area contributed by atoms with Crippen molar-refractivity contribution in [3.63, 3.8) is 0 Å². The first-order chi connectivity index (χ1) is 25.4. The van der Waals surface area contributed by atoms with Crippen LogP contribution in [0.4, 0.5) is 0 Å². The van der Waals surface area contributed by atoms with Gasteiger partial charge >= 0.3 is 29.8 Å².